The molecule has 2 aromatic carbocycles. The summed E-state index contributed by atoms with van der Waals surface area (Å²) in [6.45, 7) is 2.13. The van der Waals surface area contributed by atoms with Gasteiger partial charge in [0.2, 0.25) is 12.7 Å². The van der Waals surface area contributed by atoms with Crippen molar-refractivity contribution < 1.29 is 19.4 Å². The van der Waals surface area contributed by atoms with Crippen molar-refractivity contribution in [3.63, 3.8) is 0 Å². The fraction of sp³-hybridized carbons (Fsp3) is 0.235. The van der Waals surface area contributed by atoms with Crippen LogP contribution in [0.5, 0.6) is 17.2 Å². The number of phenols is 1. The number of fused-ring (bicyclic) bond motifs is 1. The van der Waals surface area contributed by atoms with Crippen LogP contribution in [0.4, 0.5) is 0 Å². The van der Waals surface area contributed by atoms with Gasteiger partial charge in [-0.05, 0) is 30.7 Å². The van der Waals surface area contributed by atoms with Gasteiger partial charge >= 0.3 is 0 Å². The van der Waals surface area contributed by atoms with Gasteiger partial charge in [-0.15, -0.1) is 0 Å². The molecule has 5 nitrogen and oxygen atoms in total. The number of ether oxygens (including phenoxy) is 2. The highest BCUT2D eigenvalue weighted by Gasteiger charge is 2.17. The molecule has 1 amide bonds. The molecule has 114 valence electrons. The molecule has 1 atom stereocenters. The second kappa shape index (κ2) is 5.97. The highest BCUT2D eigenvalue weighted by atomic mass is 16.7. The molecule has 0 radical (unpaired) electrons. The summed E-state index contributed by atoms with van der Waals surface area (Å²) in [5.74, 6) is 1.40. The van der Waals surface area contributed by atoms with Crippen molar-refractivity contribution in [1.29, 1.82) is 0 Å². The topological polar surface area (TPSA) is 67.8 Å². The third-order valence-corrected chi connectivity index (χ3v) is 3.62. The lowest BCUT2D eigenvalue weighted by Crippen LogP contribution is -2.28. The maximum atomic E-state index is 12.1. The van der Waals surface area contributed by atoms with E-state index in [1.54, 1.807) is 24.3 Å². The summed E-state index contributed by atoms with van der Waals surface area (Å²) in [4.78, 5) is 12.1. The zero-order valence-corrected chi connectivity index (χ0v) is 12.2. The van der Waals surface area contributed by atoms with E-state index in [9.17, 15) is 9.90 Å². The van der Waals surface area contributed by atoms with Gasteiger partial charge in [0.15, 0.2) is 11.5 Å². The van der Waals surface area contributed by atoms with Gasteiger partial charge in [-0.2, -0.15) is 0 Å². The second-order valence-corrected chi connectivity index (χ2v) is 5.21. The number of hydrogen-bond donors (Lipinski definition) is 2. The standard InChI is InChI=1S/C17H17NO4/c1-11(12-6-7-15-16(8-12)22-10-21-15)18-17(20)9-13-4-2-3-5-14(13)19/h2-8,11,19H,9-10H2,1H3,(H,18,20). The SMILES string of the molecule is CC(NC(=O)Cc1ccccc1O)c1ccc2c(c1)OCO2. The lowest BCUT2D eigenvalue weighted by atomic mass is 10.1. The number of benzene rings is 2. The Morgan fingerprint density at radius 1 is 1.23 bits per heavy atom. The minimum atomic E-state index is -0.159. The molecule has 0 aromatic heterocycles. The average molecular weight is 299 g/mol. The highest BCUT2D eigenvalue weighted by Crippen LogP contribution is 2.34. The van der Waals surface area contributed by atoms with Crippen LogP contribution >= 0.6 is 0 Å². The summed E-state index contributed by atoms with van der Waals surface area (Å²) in [6.07, 6.45) is 0.140. The van der Waals surface area contributed by atoms with Crippen LogP contribution in [-0.2, 0) is 11.2 Å². The number of amides is 1. The van der Waals surface area contributed by atoms with Crippen LogP contribution in [0.3, 0.4) is 0 Å². The summed E-state index contributed by atoms with van der Waals surface area (Å²) < 4.78 is 10.6. The Morgan fingerprint density at radius 3 is 2.82 bits per heavy atom. The fourth-order valence-corrected chi connectivity index (χ4v) is 2.39. The molecule has 2 aromatic rings. The van der Waals surface area contributed by atoms with Crippen LogP contribution in [-0.4, -0.2) is 17.8 Å². The average Bonchev–Trinajstić information content (AvgIpc) is 2.97. The second-order valence-electron chi connectivity index (χ2n) is 5.21. The largest absolute Gasteiger partial charge is 0.508 e. The normalized spacial score (nSPS) is 13.7. The zero-order valence-electron chi connectivity index (χ0n) is 12.2. The molecule has 0 fully saturated rings. The molecule has 0 saturated heterocycles. The van der Waals surface area contributed by atoms with Crippen molar-refractivity contribution in [2.75, 3.05) is 6.79 Å². The first kappa shape index (κ1) is 14.3. The lowest BCUT2D eigenvalue weighted by Gasteiger charge is -2.15. The minimum absolute atomic E-state index is 0.133. The van der Waals surface area contributed by atoms with Crippen molar-refractivity contribution >= 4 is 5.91 Å². The van der Waals surface area contributed by atoms with Crippen LogP contribution in [0, 0.1) is 0 Å². The molecule has 0 aliphatic carbocycles. The molecule has 1 unspecified atom stereocenters. The van der Waals surface area contributed by atoms with E-state index >= 15 is 0 Å². The zero-order chi connectivity index (χ0) is 15.5. The summed E-state index contributed by atoms with van der Waals surface area (Å²) >= 11 is 0. The molecular formula is C17H17NO4. The third-order valence-electron chi connectivity index (χ3n) is 3.62. The highest BCUT2D eigenvalue weighted by molar-refractivity contribution is 5.79. The van der Waals surface area contributed by atoms with Crippen molar-refractivity contribution in [3.8, 4) is 17.2 Å². The van der Waals surface area contributed by atoms with Gasteiger partial charge in [0, 0.05) is 5.56 Å². The first-order chi connectivity index (χ1) is 10.6. The van der Waals surface area contributed by atoms with Gasteiger partial charge < -0.3 is 19.9 Å². The lowest BCUT2D eigenvalue weighted by molar-refractivity contribution is -0.121. The number of carbonyl (C=O) groups is 1. The first-order valence-electron chi connectivity index (χ1n) is 7.09. The number of nitrogens with one attached hydrogen (secondary N) is 1. The number of phenolic OH excluding ortho intramolecular Hbond substituents is 1. The quantitative estimate of drug-likeness (QED) is 0.910. The van der Waals surface area contributed by atoms with E-state index in [2.05, 4.69) is 5.32 Å². The Bertz CT molecular complexity index is 699. The molecule has 2 N–H and O–H groups in total. The summed E-state index contributed by atoms with van der Waals surface area (Å²) in [5, 5.41) is 12.6. The number of aromatic hydroxyl groups is 1. The van der Waals surface area contributed by atoms with E-state index < -0.39 is 0 Å². The Hall–Kier alpha value is -2.69. The predicted octanol–water partition coefficient (Wildman–Crippen LogP) is 2.54. The monoisotopic (exact) mass is 299 g/mol. The van der Waals surface area contributed by atoms with E-state index in [1.807, 2.05) is 25.1 Å². The van der Waals surface area contributed by atoms with Crippen LogP contribution in [0.1, 0.15) is 24.1 Å². The third kappa shape index (κ3) is 2.98. The van der Waals surface area contributed by atoms with Crippen LogP contribution in [0.15, 0.2) is 42.5 Å². The maximum Gasteiger partial charge on any atom is 0.231 e. The molecule has 5 heteroatoms. The van der Waals surface area contributed by atoms with Crippen molar-refractivity contribution in [2.45, 2.75) is 19.4 Å². The minimum Gasteiger partial charge on any atom is -0.508 e. The summed E-state index contributed by atoms with van der Waals surface area (Å²) in [5.41, 5.74) is 1.55. The van der Waals surface area contributed by atoms with Gasteiger partial charge in [0.1, 0.15) is 5.75 Å². The van der Waals surface area contributed by atoms with E-state index in [4.69, 9.17) is 9.47 Å². The number of hydrogen-bond acceptors (Lipinski definition) is 4. The van der Waals surface area contributed by atoms with Crippen LogP contribution in [0.2, 0.25) is 0 Å². The van der Waals surface area contributed by atoms with Crippen LogP contribution < -0.4 is 14.8 Å². The summed E-state index contributed by atoms with van der Waals surface area (Å²) in [6, 6.07) is 12.3. The van der Waals surface area contributed by atoms with Crippen LogP contribution in [0.25, 0.3) is 0 Å². The Balaban J connectivity index is 1.65. The number of para-hydroxylation sites is 1. The Kier molecular flexibility index (Phi) is 3.87. The predicted molar refractivity (Wildman–Crippen MR) is 80.9 cm³/mol. The maximum absolute atomic E-state index is 12.1. The number of carbonyl (C=O) groups excluding carboxylic acids is 1. The molecule has 22 heavy (non-hydrogen) atoms. The first-order valence-corrected chi connectivity index (χ1v) is 7.09. The molecule has 1 heterocycles. The summed E-state index contributed by atoms with van der Waals surface area (Å²) in [7, 11) is 0. The molecule has 1 aliphatic heterocycles. The molecule has 3 rings (SSSR count). The molecule has 0 spiro atoms. The molecular weight excluding hydrogens is 282 g/mol. The van der Waals surface area contributed by atoms with E-state index in [0.29, 0.717) is 11.3 Å². The molecule has 0 bridgehead atoms. The van der Waals surface area contributed by atoms with Crippen molar-refractivity contribution in [2.24, 2.45) is 0 Å². The van der Waals surface area contributed by atoms with Gasteiger partial charge in [-0.3, -0.25) is 4.79 Å². The van der Waals surface area contributed by atoms with E-state index in [0.717, 1.165) is 11.3 Å². The van der Waals surface area contributed by atoms with E-state index in [1.165, 1.54) is 0 Å². The van der Waals surface area contributed by atoms with E-state index in [-0.39, 0.29) is 30.9 Å². The Labute approximate surface area is 128 Å². The Morgan fingerprint density at radius 2 is 2.00 bits per heavy atom. The van der Waals surface area contributed by atoms with Crippen molar-refractivity contribution in [3.05, 3.63) is 53.6 Å². The molecule has 0 saturated carbocycles. The van der Waals surface area contributed by atoms with Gasteiger partial charge in [-0.25, -0.2) is 0 Å². The van der Waals surface area contributed by atoms with Crippen molar-refractivity contribution in [1.82, 2.24) is 5.32 Å². The fourth-order valence-electron chi connectivity index (χ4n) is 2.39. The molecule has 1 aliphatic rings. The smallest absolute Gasteiger partial charge is 0.231 e. The van der Waals surface area contributed by atoms with Gasteiger partial charge in [-0.1, -0.05) is 24.3 Å². The van der Waals surface area contributed by atoms with Gasteiger partial charge in [0.25, 0.3) is 0 Å². The van der Waals surface area contributed by atoms with Gasteiger partial charge in [0.05, 0.1) is 12.5 Å². The number of rotatable bonds is 4.